The number of para-hydroxylation sites is 1. The summed E-state index contributed by atoms with van der Waals surface area (Å²) in [7, 11) is 2.05. The van der Waals surface area contributed by atoms with Gasteiger partial charge in [-0.1, -0.05) is 32.0 Å². The number of hydrogen-bond donors (Lipinski definition) is 0. The van der Waals surface area contributed by atoms with E-state index in [9.17, 15) is 0 Å². The number of hydrogen-bond acceptors (Lipinski definition) is 2. The molecule has 1 aliphatic heterocycles. The maximum absolute atomic E-state index is 5.46. The maximum atomic E-state index is 5.46. The third kappa shape index (κ3) is 2.46. The lowest BCUT2D eigenvalue weighted by Crippen LogP contribution is -2.27. The Morgan fingerprint density at radius 1 is 1.23 bits per heavy atom. The molecular weight excluding hydrogens is 162 g/mol. The van der Waals surface area contributed by atoms with E-state index in [4.69, 9.17) is 4.74 Å². The molecule has 2 nitrogen and oxygen atoms in total. The smallest absolute Gasteiger partial charge is 0.142 e. The van der Waals surface area contributed by atoms with Crippen molar-refractivity contribution in [2.75, 3.05) is 13.8 Å². The summed E-state index contributed by atoms with van der Waals surface area (Å²) in [5.41, 5.74) is 1.28. The zero-order valence-electron chi connectivity index (χ0n) is 8.58. The SMILES string of the molecule is CC.CN1COc2ccccc2C1. The highest BCUT2D eigenvalue weighted by Crippen LogP contribution is 2.22. The van der Waals surface area contributed by atoms with E-state index in [0.29, 0.717) is 6.73 Å². The lowest BCUT2D eigenvalue weighted by molar-refractivity contribution is 0.121. The molecule has 0 amide bonds. The Morgan fingerprint density at radius 3 is 2.69 bits per heavy atom. The van der Waals surface area contributed by atoms with Gasteiger partial charge in [0.15, 0.2) is 0 Å². The standard InChI is InChI=1S/C9H11NO.C2H6/c1-10-6-8-4-2-3-5-9(8)11-7-10;1-2/h2-5H,6-7H2,1H3;1-2H3. The van der Waals surface area contributed by atoms with Crippen molar-refractivity contribution in [2.24, 2.45) is 0 Å². The van der Waals surface area contributed by atoms with Crippen LogP contribution in [-0.2, 0) is 6.54 Å². The first-order valence-electron chi connectivity index (χ1n) is 4.75. The molecule has 1 heterocycles. The molecule has 0 spiro atoms. The predicted octanol–water partition coefficient (Wildman–Crippen LogP) is 2.49. The molecule has 1 aliphatic rings. The molecule has 2 rings (SSSR count). The van der Waals surface area contributed by atoms with Gasteiger partial charge in [-0.2, -0.15) is 0 Å². The van der Waals surface area contributed by atoms with Gasteiger partial charge in [0.1, 0.15) is 12.5 Å². The van der Waals surface area contributed by atoms with Crippen LogP contribution >= 0.6 is 0 Å². The van der Waals surface area contributed by atoms with Gasteiger partial charge in [0, 0.05) is 12.1 Å². The van der Waals surface area contributed by atoms with Crippen LogP contribution in [0.1, 0.15) is 19.4 Å². The highest BCUT2D eigenvalue weighted by atomic mass is 16.5. The number of nitrogens with zero attached hydrogens (tertiary/aromatic N) is 1. The Kier molecular flexibility index (Phi) is 3.77. The fraction of sp³-hybridized carbons (Fsp3) is 0.455. The van der Waals surface area contributed by atoms with E-state index in [0.717, 1.165) is 12.3 Å². The zero-order valence-corrected chi connectivity index (χ0v) is 8.58. The van der Waals surface area contributed by atoms with E-state index in [1.807, 2.05) is 32.0 Å². The van der Waals surface area contributed by atoms with Gasteiger partial charge in [0.2, 0.25) is 0 Å². The molecule has 1 aromatic rings. The molecule has 0 aliphatic carbocycles. The first kappa shape index (κ1) is 10.1. The number of rotatable bonds is 0. The molecule has 0 fully saturated rings. The van der Waals surface area contributed by atoms with Crippen LogP contribution in [0.15, 0.2) is 24.3 Å². The van der Waals surface area contributed by atoms with Gasteiger partial charge in [-0.3, -0.25) is 4.90 Å². The summed E-state index contributed by atoms with van der Waals surface area (Å²) in [6.07, 6.45) is 0. The van der Waals surface area contributed by atoms with Crippen LogP contribution in [0.2, 0.25) is 0 Å². The predicted molar refractivity (Wildman–Crippen MR) is 54.8 cm³/mol. The van der Waals surface area contributed by atoms with E-state index >= 15 is 0 Å². The van der Waals surface area contributed by atoms with Crippen LogP contribution in [0.4, 0.5) is 0 Å². The minimum absolute atomic E-state index is 0.705. The number of benzene rings is 1. The second-order valence-corrected chi connectivity index (χ2v) is 2.90. The third-order valence-electron chi connectivity index (χ3n) is 1.85. The molecule has 0 saturated carbocycles. The molecular formula is C11H17NO. The summed E-state index contributed by atoms with van der Waals surface area (Å²) >= 11 is 0. The highest BCUT2D eigenvalue weighted by molar-refractivity contribution is 5.34. The van der Waals surface area contributed by atoms with E-state index in [2.05, 4.69) is 18.0 Å². The topological polar surface area (TPSA) is 12.5 Å². The van der Waals surface area contributed by atoms with Gasteiger partial charge in [-0.25, -0.2) is 0 Å². The Bertz CT molecular complexity index is 260. The summed E-state index contributed by atoms with van der Waals surface area (Å²) in [5, 5.41) is 0. The van der Waals surface area contributed by atoms with Crippen LogP contribution in [0, 0.1) is 0 Å². The molecule has 0 atom stereocenters. The molecule has 2 heteroatoms. The molecule has 0 radical (unpaired) electrons. The van der Waals surface area contributed by atoms with Crippen molar-refractivity contribution in [2.45, 2.75) is 20.4 Å². The highest BCUT2D eigenvalue weighted by Gasteiger charge is 2.11. The average Bonchev–Trinajstić information content (AvgIpc) is 2.21. The van der Waals surface area contributed by atoms with Gasteiger partial charge >= 0.3 is 0 Å². The van der Waals surface area contributed by atoms with E-state index < -0.39 is 0 Å². The minimum Gasteiger partial charge on any atom is -0.478 e. The van der Waals surface area contributed by atoms with Gasteiger partial charge in [-0.15, -0.1) is 0 Å². The van der Waals surface area contributed by atoms with Crippen LogP contribution < -0.4 is 4.74 Å². The third-order valence-corrected chi connectivity index (χ3v) is 1.85. The molecule has 72 valence electrons. The van der Waals surface area contributed by atoms with E-state index in [1.54, 1.807) is 0 Å². The first-order valence-corrected chi connectivity index (χ1v) is 4.75. The van der Waals surface area contributed by atoms with Crippen molar-refractivity contribution in [3.8, 4) is 5.75 Å². The normalized spacial score (nSPS) is 15.0. The summed E-state index contributed by atoms with van der Waals surface area (Å²) < 4.78 is 5.46. The Balaban J connectivity index is 0.000000396. The molecule has 13 heavy (non-hydrogen) atoms. The van der Waals surface area contributed by atoms with Crippen molar-refractivity contribution < 1.29 is 4.74 Å². The van der Waals surface area contributed by atoms with Crippen LogP contribution in [0.25, 0.3) is 0 Å². The quantitative estimate of drug-likeness (QED) is 0.606. The monoisotopic (exact) mass is 179 g/mol. The second kappa shape index (κ2) is 4.87. The number of fused-ring (bicyclic) bond motifs is 1. The van der Waals surface area contributed by atoms with Crippen molar-refractivity contribution in [1.82, 2.24) is 4.90 Å². The maximum Gasteiger partial charge on any atom is 0.142 e. The molecule has 0 aromatic heterocycles. The van der Waals surface area contributed by atoms with E-state index in [-0.39, 0.29) is 0 Å². The summed E-state index contributed by atoms with van der Waals surface area (Å²) in [6.45, 7) is 5.70. The summed E-state index contributed by atoms with van der Waals surface area (Å²) in [6, 6.07) is 8.17. The fourth-order valence-electron chi connectivity index (χ4n) is 1.29. The van der Waals surface area contributed by atoms with Gasteiger partial charge in [-0.05, 0) is 13.1 Å². The molecule has 0 N–H and O–H groups in total. The first-order chi connectivity index (χ1) is 6.36. The fourth-order valence-corrected chi connectivity index (χ4v) is 1.29. The minimum atomic E-state index is 0.705. The Hall–Kier alpha value is -1.02. The lowest BCUT2D eigenvalue weighted by atomic mass is 10.2. The van der Waals surface area contributed by atoms with Crippen molar-refractivity contribution in [3.05, 3.63) is 29.8 Å². The van der Waals surface area contributed by atoms with Gasteiger partial charge in [0.25, 0.3) is 0 Å². The zero-order chi connectivity index (χ0) is 9.68. The van der Waals surface area contributed by atoms with Crippen molar-refractivity contribution in [3.63, 3.8) is 0 Å². The molecule has 0 bridgehead atoms. The largest absolute Gasteiger partial charge is 0.478 e. The average molecular weight is 179 g/mol. The van der Waals surface area contributed by atoms with Crippen LogP contribution in [0.3, 0.4) is 0 Å². The Morgan fingerprint density at radius 2 is 1.92 bits per heavy atom. The summed E-state index contributed by atoms with van der Waals surface area (Å²) in [4.78, 5) is 2.14. The summed E-state index contributed by atoms with van der Waals surface area (Å²) in [5.74, 6) is 1.03. The van der Waals surface area contributed by atoms with Gasteiger partial charge in [0.05, 0.1) is 0 Å². The van der Waals surface area contributed by atoms with Crippen molar-refractivity contribution in [1.29, 1.82) is 0 Å². The van der Waals surface area contributed by atoms with Crippen LogP contribution in [-0.4, -0.2) is 18.7 Å². The Labute approximate surface area is 80.1 Å². The molecule has 0 saturated heterocycles. The van der Waals surface area contributed by atoms with E-state index in [1.165, 1.54) is 5.56 Å². The second-order valence-electron chi connectivity index (χ2n) is 2.90. The lowest BCUT2D eigenvalue weighted by Gasteiger charge is -2.24. The molecule has 1 aromatic carbocycles. The molecule has 0 unspecified atom stereocenters. The van der Waals surface area contributed by atoms with Crippen molar-refractivity contribution >= 4 is 0 Å². The van der Waals surface area contributed by atoms with Crippen LogP contribution in [0.5, 0.6) is 5.75 Å². The van der Waals surface area contributed by atoms with Gasteiger partial charge < -0.3 is 4.74 Å². The number of ether oxygens (including phenoxy) is 1.